The van der Waals surface area contributed by atoms with Gasteiger partial charge in [-0.1, -0.05) is 23.7 Å². The van der Waals surface area contributed by atoms with Crippen molar-refractivity contribution in [1.29, 1.82) is 0 Å². The van der Waals surface area contributed by atoms with E-state index < -0.39 is 18.3 Å². The molecule has 2 nitrogen and oxygen atoms in total. The van der Waals surface area contributed by atoms with Gasteiger partial charge in [-0.2, -0.15) is 13.2 Å². The molecule has 1 heterocycles. The van der Waals surface area contributed by atoms with Crippen molar-refractivity contribution >= 4 is 11.6 Å². The van der Waals surface area contributed by atoms with Crippen molar-refractivity contribution in [3.63, 3.8) is 0 Å². The lowest BCUT2D eigenvalue weighted by molar-refractivity contribution is -0.226. The van der Waals surface area contributed by atoms with Gasteiger partial charge in [-0.3, -0.25) is 5.32 Å². The Hall–Kier alpha value is -0.780. The highest BCUT2D eigenvalue weighted by Gasteiger charge is 2.57. The highest BCUT2D eigenvalue weighted by molar-refractivity contribution is 6.30. The molecule has 1 saturated heterocycles. The molecule has 1 N–H and O–H groups in total. The Morgan fingerprint density at radius 2 is 1.88 bits per heavy atom. The van der Waals surface area contributed by atoms with E-state index in [4.69, 9.17) is 16.3 Å². The highest BCUT2D eigenvalue weighted by atomic mass is 35.5. The maximum Gasteiger partial charge on any atom is 0.413 e. The quantitative estimate of drug-likeness (QED) is 0.843. The lowest BCUT2D eigenvalue weighted by Crippen LogP contribution is -2.60. The lowest BCUT2D eigenvalue weighted by atomic mass is 9.89. The molecule has 0 aromatic heterocycles. The van der Waals surface area contributed by atoms with Gasteiger partial charge in [0.05, 0.1) is 13.2 Å². The minimum atomic E-state index is -4.42. The predicted octanol–water partition coefficient (Wildman–Crippen LogP) is 2.72. The van der Waals surface area contributed by atoms with E-state index in [2.05, 4.69) is 5.32 Å². The molecule has 0 saturated carbocycles. The molecular weight excluding hydrogens is 255 g/mol. The number of benzene rings is 1. The monoisotopic (exact) mass is 265 g/mol. The summed E-state index contributed by atoms with van der Waals surface area (Å²) in [7, 11) is 0. The first-order valence-corrected chi connectivity index (χ1v) is 5.49. The Balaban J connectivity index is 2.43. The number of halogens is 4. The van der Waals surface area contributed by atoms with Gasteiger partial charge in [0.15, 0.2) is 5.54 Å². The van der Waals surface area contributed by atoms with Crippen LogP contribution in [0.25, 0.3) is 0 Å². The van der Waals surface area contributed by atoms with E-state index >= 15 is 0 Å². The van der Waals surface area contributed by atoms with Gasteiger partial charge in [0.1, 0.15) is 0 Å². The molecule has 0 bridgehead atoms. The van der Waals surface area contributed by atoms with Gasteiger partial charge in [0.2, 0.25) is 0 Å². The SMILES string of the molecule is FC(F)(F)C1(c2ccc(Cl)cc2)COCCN1. The van der Waals surface area contributed by atoms with E-state index in [1.165, 1.54) is 24.3 Å². The summed E-state index contributed by atoms with van der Waals surface area (Å²) in [6.07, 6.45) is -4.42. The molecule has 1 unspecified atom stereocenters. The van der Waals surface area contributed by atoms with Crippen LogP contribution in [0.4, 0.5) is 13.2 Å². The summed E-state index contributed by atoms with van der Waals surface area (Å²) in [5.41, 5.74) is -2.01. The third-order valence-electron chi connectivity index (χ3n) is 2.81. The zero-order valence-corrected chi connectivity index (χ0v) is 9.61. The summed E-state index contributed by atoms with van der Waals surface area (Å²) in [6, 6.07) is 5.64. The van der Waals surface area contributed by atoms with Gasteiger partial charge in [0, 0.05) is 11.6 Å². The van der Waals surface area contributed by atoms with Gasteiger partial charge < -0.3 is 4.74 Å². The first-order chi connectivity index (χ1) is 7.96. The van der Waals surface area contributed by atoms with Crippen LogP contribution in [0.3, 0.4) is 0 Å². The Morgan fingerprint density at radius 1 is 1.24 bits per heavy atom. The van der Waals surface area contributed by atoms with Crippen molar-refractivity contribution in [2.75, 3.05) is 19.8 Å². The minimum Gasteiger partial charge on any atom is -0.377 e. The molecule has 1 atom stereocenters. The number of hydrogen-bond donors (Lipinski definition) is 1. The van der Waals surface area contributed by atoms with Crippen LogP contribution in [0.2, 0.25) is 5.02 Å². The molecule has 0 aliphatic carbocycles. The summed E-state index contributed by atoms with van der Waals surface area (Å²) in [4.78, 5) is 0. The fourth-order valence-corrected chi connectivity index (χ4v) is 2.00. The number of ether oxygens (including phenoxy) is 1. The molecule has 0 spiro atoms. The summed E-state index contributed by atoms with van der Waals surface area (Å²) in [6.45, 7) is 0.0334. The first kappa shape index (κ1) is 12.7. The van der Waals surface area contributed by atoms with Gasteiger partial charge in [0.25, 0.3) is 0 Å². The largest absolute Gasteiger partial charge is 0.413 e. The van der Waals surface area contributed by atoms with Crippen LogP contribution in [-0.4, -0.2) is 25.9 Å². The molecule has 2 rings (SSSR count). The molecule has 1 aliphatic rings. The molecule has 6 heteroatoms. The molecule has 0 radical (unpaired) electrons. The maximum atomic E-state index is 13.2. The normalized spacial score (nSPS) is 25.9. The Kier molecular flexibility index (Phi) is 3.34. The highest BCUT2D eigenvalue weighted by Crippen LogP contribution is 2.40. The summed E-state index contributed by atoms with van der Waals surface area (Å²) in [5.74, 6) is 0. The fourth-order valence-electron chi connectivity index (χ4n) is 1.88. The van der Waals surface area contributed by atoms with Crippen molar-refractivity contribution in [3.8, 4) is 0 Å². The average Bonchev–Trinajstić information content (AvgIpc) is 2.29. The molecule has 0 amide bonds. The van der Waals surface area contributed by atoms with Gasteiger partial charge in [-0.05, 0) is 17.7 Å². The van der Waals surface area contributed by atoms with E-state index in [9.17, 15) is 13.2 Å². The molecule has 1 fully saturated rings. The van der Waals surface area contributed by atoms with Crippen molar-refractivity contribution in [2.45, 2.75) is 11.7 Å². The summed E-state index contributed by atoms with van der Waals surface area (Å²) in [5, 5.41) is 2.92. The van der Waals surface area contributed by atoms with E-state index in [1.54, 1.807) is 0 Å². The second-order valence-electron chi connectivity index (χ2n) is 3.89. The maximum absolute atomic E-state index is 13.2. The second kappa shape index (κ2) is 4.48. The third kappa shape index (κ3) is 2.27. The molecule has 1 aromatic rings. The number of hydrogen-bond acceptors (Lipinski definition) is 2. The van der Waals surface area contributed by atoms with E-state index in [-0.39, 0.29) is 18.7 Å². The van der Waals surface area contributed by atoms with E-state index in [0.29, 0.717) is 5.02 Å². The van der Waals surface area contributed by atoms with Crippen molar-refractivity contribution < 1.29 is 17.9 Å². The van der Waals surface area contributed by atoms with Gasteiger partial charge in [-0.15, -0.1) is 0 Å². The van der Waals surface area contributed by atoms with Crippen molar-refractivity contribution in [1.82, 2.24) is 5.32 Å². The number of nitrogens with one attached hydrogen (secondary N) is 1. The first-order valence-electron chi connectivity index (χ1n) is 5.11. The number of rotatable bonds is 1. The number of morpholine rings is 1. The van der Waals surface area contributed by atoms with Crippen LogP contribution >= 0.6 is 11.6 Å². The van der Waals surface area contributed by atoms with E-state index in [1.807, 2.05) is 0 Å². The predicted molar refractivity (Wildman–Crippen MR) is 58.0 cm³/mol. The molecular formula is C11H11ClF3NO. The average molecular weight is 266 g/mol. The smallest absolute Gasteiger partial charge is 0.377 e. The zero-order chi connectivity index (χ0) is 12.5. The van der Waals surface area contributed by atoms with Crippen LogP contribution in [0.15, 0.2) is 24.3 Å². The fraction of sp³-hybridized carbons (Fsp3) is 0.455. The Bertz CT molecular complexity index is 385. The van der Waals surface area contributed by atoms with Crippen LogP contribution < -0.4 is 5.32 Å². The standard InChI is InChI=1S/C11H11ClF3NO/c12-9-3-1-8(2-4-9)10(11(13,14)15)7-17-6-5-16-10/h1-4,16H,5-7H2. The van der Waals surface area contributed by atoms with Crippen LogP contribution in [-0.2, 0) is 10.3 Å². The van der Waals surface area contributed by atoms with Crippen LogP contribution in [0.1, 0.15) is 5.56 Å². The van der Waals surface area contributed by atoms with E-state index in [0.717, 1.165) is 0 Å². The van der Waals surface area contributed by atoms with Crippen molar-refractivity contribution in [3.05, 3.63) is 34.9 Å². The number of alkyl halides is 3. The van der Waals surface area contributed by atoms with Gasteiger partial charge >= 0.3 is 6.18 Å². The van der Waals surface area contributed by atoms with Gasteiger partial charge in [-0.25, -0.2) is 0 Å². The lowest BCUT2D eigenvalue weighted by Gasteiger charge is -2.39. The molecule has 1 aliphatic heterocycles. The van der Waals surface area contributed by atoms with Crippen LogP contribution in [0, 0.1) is 0 Å². The molecule has 94 valence electrons. The summed E-state index contributed by atoms with van der Waals surface area (Å²) >= 11 is 5.68. The van der Waals surface area contributed by atoms with Crippen molar-refractivity contribution in [2.24, 2.45) is 0 Å². The third-order valence-corrected chi connectivity index (χ3v) is 3.06. The Labute approximate surface area is 102 Å². The topological polar surface area (TPSA) is 21.3 Å². The molecule has 17 heavy (non-hydrogen) atoms. The zero-order valence-electron chi connectivity index (χ0n) is 8.85. The second-order valence-corrected chi connectivity index (χ2v) is 4.33. The summed E-state index contributed by atoms with van der Waals surface area (Å²) < 4.78 is 44.6. The minimum absolute atomic E-state index is 0.120. The molecule has 1 aromatic carbocycles. The Morgan fingerprint density at radius 3 is 2.35 bits per heavy atom. The van der Waals surface area contributed by atoms with Crippen LogP contribution in [0.5, 0.6) is 0 Å².